The molecule has 0 aliphatic rings. The molecule has 2 heteroatoms. The normalized spacial score (nSPS) is 12.2. The third kappa shape index (κ3) is 3.37. The van der Waals surface area contributed by atoms with Crippen LogP contribution in [0.25, 0.3) is 22.0 Å². The van der Waals surface area contributed by atoms with Gasteiger partial charge in [-0.15, -0.1) is 0 Å². The van der Waals surface area contributed by atoms with Crippen LogP contribution in [0.3, 0.4) is 0 Å². The fourth-order valence-corrected chi connectivity index (χ4v) is 3.40. The number of para-hydroxylation sites is 1. The Bertz CT molecular complexity index is 1020. The van der Waals surface area contributed by atoms with Gasteiger partial charge in [-0.2, -0.15) is 0 Å². The average Bonchev–Trinajstić information content (AvgIpc) is 2.68. The van der Waals surface area contributed by atoms with Crippen molar-refractivity contribution in [3.63, 3.8) is 0 Å². The average molecular weight is 338 g/mol. The van der Waals surface area contributed by atoms with Gasteiger partial charge in [-0.3, -0.25) is 4.98 Å². The lowest BCUT2D eigenvalue weighted by atomic mass is 9.96. The van der Waals surface area contributed by atoms with E-state index >= 15 is 0 Å². The van der Waals surface area contributed by atoms with Gasteiger partial charge < -0.3 is 5.73 Å². The van der Waals surface area contributed by atoms with Crippen LogP contribution in [-0.4, -0.2) is 4.98 Å². The zero-order valence-corrected chi connectivity index (χ0v) is 14.9. The lowest BCUT2D eigenvalue weighted by molar-refractivity contribution is 0.722. The lowest BCUT2D eigenvalue weighted by Gasteiger charge is -2.14. The van der Waals surface area contributed by atoms with Gasteiger partial charge in [-0.05, 0) is 42.2 Å². The predicted octanol–water partition coefficient (Wildman–Crippen LogP) is 5.45. The Balaban J connectivity index is 1.60. The molecule has 0 aliphatic carbocycles. The molecule has 0 aliphatic heterocycles. The van der Waals surface area contributed by atoms with Gasteiger partial charge in [0, 0.05) is 22.7 Å². The van der Waals surface area contributed by atoms with Crippen molar-refractivity contribution in [3.05, 3.63) is 102 Å². The maximum atomic E-state index is 6.41. The molecule has 4 rings (SSSR count). The lowest BCUT2D eigenvalue weighted by Crippen LogP contribution is -2.13. The molecular formula is C24H22N2. The number of hydrogen-bond donors (Lipinski definition) is 1. The van der Waals surface area contributed by atoms with E-state index < -0.39 is 0 Å². The van der Waals surface area contributed by atoms with Crippen molar-refractivity contribution in [1.82, 2.24) is 4.98 Å². The molecule has 1 unspecified atom stereocenters. The maximum Gasteiger partial charge on any atom is 0.0705 e. The molecule has 4 aromatic rings. The SMILES string of the molecule is Cc1nc2ccccc2cc1-c1ccc(C(N)Cc2ccccc2)cc1. The fourth-order valence-electron chi connectivity index (χ4n) is 3.40. The van der Waals surface area contributed by atoms with E-state index in [0.717, 1.165) is 28.6 Å². The molecule has 0 bridgehead atoms. The first kappa shape index (κ1) is 16.5. The summed E-state index contributed by atoms with van der Waals surface area (Å²) in [5.41, 5.74) is 13.3. The molecule has 0 spiro atoms. The fraction of sp³-hybridized carbons (Fsp3) is 0.125. The smallest absolute Gasteiger partial charge is 0.0705 e. The van der Waals surface area contributed by atoms with Crippen LogP contribution in [-0.2, 0) is 6.42 Å². The number of benzene rings is 3. The molecule has 2 N–H and O–H groups in total. The van der Waals surface area contributed by atoms with Crippen molar-refractivity contribution in [2.45, 2.75) is 19.4 Å². The van der Waals surface area contributed by atoms with Crippen LogP contribution in [0.5, 0.6) is 0 Å². The third-order valence-corrected chi connectivity index (χ3v) is 4.86. The maximum absolute atomic E-state index is 6.41. The highest BCUT2D eigenvalue weighted by Crippen LogP contribution is 2.27. The molecule has 2 nitrogen and oxygen atoms in total. The van der Waals surface area contributed by atoms with Crippen LogP contribution < -0.4 is 5.73 Å². The summed E-state index contributed by atoms with van der Waals surface area (Å²) in [6.45, 7) is 2.07. The molecule has 0 amide bonds. The van der Waals surface area contributed by atoms with Crippen LogP contribution in [0.15, 0.2) is 84.9 Å². The summed E-state index contributed by atoms with van der Waals surface area (Å²) in [6.07, 6.45) is 0.844. The summed E-state index contributed by atoms with van der Waals surface area (Å²) in [6, 6.07) is 29.4. The molecule has 0 saturated carbocycles. The van der Waals surface area contributed by atoms with Crippen LogP contribution in [0.2, 0.25) is 0 Å². The zero-order valence-electron chi connectivity index (χ0n) is 14.9. The molecule has 3 aromatic carbocycles. The summed E-state index contributed by atoms with van der Waals surface area (Å²) in [7, 11) is 0. The standard InChI is InChI=1S/C24H22N2/c1-17-22(16-21-9-5-6-10-24(21)26-17)19-11-13-20(14-12-19)23(25)15-18-7-3-2-4-8-18/h2-14,16,23H,15,25H2,1H3. The van der Waals surface area contributed by atoms with E-state index in [1.165, 1.54) is 16.7 Å². The number of nitrogens with zero attached hydrogens (tertiary/aromatic N) is 1. The van der Waals surface area contributed by atoms with Gasteiger partial charge in [0.1, 0.15) is 0 Å². The summed E-state index contributed by atoms with van der Waals surface area (Å²) < 4.78 is 0. The molecule has 1 heterocycles. The van der Waals surface area contributed by atoms with E-state index in [1.807, 2.05) is 12.1 Å². The number of pyridine rings is 1. The van der Waals surface area contributed by atoms with Crippen LogP contribution in [0.4, 0.5) is 0 Å². The Morgan fingerprint density at radius 2 is 1.54 bits per heavy atom. The minimum absolute atomic E-state index is 0.00211. The topological polar surface area (TPSA) is 38.9 Å². The highest BCUT2D eigenvalue weighted by atomic mass is 14.7. The van der Waals surface area contributed by atoms with Gasteiger partial charge >= 0.3 is 0 Å². The highest BCUT2D eigenvalue weighted by molar-refractivity contribution is 5.84. The van der Waals surface area contributed by atoms with Crippen LogP contribution in [0, 0.1) is 6.92 Å². The Kier molecular flexibility index (Phi) is 4.51. The van der Waals surface area contributed by atoms with E-state index in [1.54, 1.807) is 0 Å². The Morgan fingerprint density at radius 3 is 2.31 bits per heavy atom. The molecule has 1 atom stereocenters. The van der Waals surface area contributed by atoms with Gasteiger partial charge in [-0.1, -0.05) is 72.8 Å². The minimum atomic E-state index is 0.00211. The van der Waals surface area contributed by atoms with E-state index in [4.69, 9.17) is 10.7 Å². The van der Waals surface area contributed by atoms with Crippen molar-refractivity contribution in [1.29, 1.82) is 0 Å². The molecule has 0 saturated heterocycles. The van der Waals surface area contributed by atoms with Crippen LogP contribution in [0.1, 0.15) is 22.9 Å². The second-order valence-corrected chi connectivity index (χ2v) is 6.73. The van der Waals surface area contributed by atoms with Crippen molar-refractivity contribution in [2.75, 3.05) is 0 Å². The van der Waals surface area contributed by atoms with Gasteiger partial charge in [0.05, 0.1) is 5.52 Å². The van der Waals surface area contributed by atoms with Crippen molar-refractivity contribution in [2.24, 2.45) is 5.73 Å². The van der Waals surface area contributed by atoms with E-state index in [2.05, 4.69) is 79.7 Å². The quantitative estimate of drug-likeness (QED) is 0.537. The second-order valence-electron chi connectivity index (χ2n) is 6.73. The number of aryl methyl sites for hydroxylation is 1. The molecule has 1 aromatic heterocycles. The highest BCUT2D eigenvalue weighted by Gasteiger charge is 2.09. The predicted molar refractivity (Wildman–Crippen MR) is 109 cm³/mol. The number of nitrogens with two attached hydrogens (primary N) is 1. The molecular weight excluding hydrogens is 316 g/mol. The minimum Gasteiger partial charge on any atom is -0.324 e. The van der Waals surface area contributed by atoms with Crippen molar-refractivity contribution in [3.8, 4) is 11.1 Å². The molecule has 128 valence electrons. The van der Waals surface area contributed by atoms with Gasteiger partial charge in [0.2, 0.25) is 0 Å². The van der Waals surface area contributed by atoms with Gasteiger partial charge in [-0.25, -0.2) is 0 Å². The van der Waals surface area contributed by atoms with Gasteiger partial charge in [0.15, 0.2) is 0 Å². The van der Waals surface area contributed by atoms with Crippen LogP contribution >= 0.6 is 0 Å². The third-order valence-electron chi connectivity index (χ3n) is 4.86. The largest absolute Gasteiger partial charge is 0.324 e. The number of fused-ring (bicyclic) bond motifs is 1. The Labute approximate surface area is 154 Å². The summed E-state index contributed by atoms with van der Waals surface area (Å²) >= 11 is 0. The summed E-state index contributed by atoms with van der Waals surface area (Å²) in [5.74, 6) is 0. The van der Waals surface area contributed by atoms with Crippen molar-refractivity contribution < 1.29 is 0 Å². The van der Waals surface area contributed by atoms with E-state index in [9.17, 15) is 0 Å². The van der Waals surface area contributed by atoms with Gasteiger partial charge in [0.25, 0.3) is 0 Å². The van der Waals surface area contributed by atoms with E-state index in [0.29, 0.717) is 0 Å². The monoisotopic (exact) mass is 338 g/mol. The second kappa shape index (κ2) is 7.11. The first-order valence-electron chi connectivity index (χ1n) is 8.97. The van der Waals surface area contributed by atoms with E-state index in [-0.39, 0.29) is 6.04 Å². The number of aromatic nitrogens is 1. The molecule has 0 fully saturated rings. The first-order chi connectivity index (χ1) is 12.7. The Hall–Kier alpha value is -2.97. The Morgan fingerprint density at radius 1 is 0.846 bits per heavy atom. The number of hydrogen-bond acceptors (Lipinski definition) is 2. The number of rotatable bonds is 4. The summed E-state index contributed by atoms with van der Waals surface area (Å²) in [5, 5.41) is 1.16. The molecule has 0 radical (unpaired) electrons. The van der Waals surface area contributed by atoms with Crippen molar-refractivity contribution >= 4 is 10.9 Å². The summed E-state index contributed by atoms with van der Waals surface area (Å²) in [4.78, 5) is 4.74. The first-order valence-corrected chi connectivity index (χ1v) is 8.97. The zero-order chi connectivity index (χ0) is 17.9. The molecule has 26 heavy (non-hydrogen) atoms.